The summed E-state index contributed by atoms with van der Waals surface area (Å²) in [4.78, 5) is 2.76. The predicted octanol–water partition coefficient (Wildman–Crippen LogP) is 7.92. The third-order valence-electron chi connectivity index (χ3n) is 7.78. The molecule has 0 spiro atoms. The molecule has 4 aromatic rings. The van der Waals surface area contributed by atoms with Crippen molar-refractivity contribution in [2.45, 2.75) is 31.8 Å². The molecule has 0 amide bonds. The Morgan fingerprint density at radius 2 is 1.53 bits per heavy atom. The zero-order valence-corrected chi connectivity index (χ0v) is 27.8. The first kappa shape index (κ1) is 34.1. The minimum Gasteiger partial charge on any atom is -0.740 e. The second kappa shape index (κ2) is 17.0. The summed E-state index contributed by atoms with van der Waals surface area (Å²) in [5.74, 6) is 0.103. The molecule has 0 radical (unpaired) electrons. The van der Waals surface area contributed by atoms with Gasteiger partial charge in [0.2, 0.25) is 0 Å². The fourth-order valence-electron chi connectivity index (χ4n) is 5.49. The highest BCUT2D eigenvalue weighted by Crippen LogP contribution is 2.38. The smallest absolute Gasteiger partial charge is 0.200 e. The van der Waals surface area contributed by atoms with Gasteiger partial charge in [0.25, 0.3) is 0 Å². The van der Waals surface area contributed by atoms with E-state index in [-0.39, 0.29) is 5.75 Å². The summed E-state index contributed by atoms with van der Waals surface area (Å²) >= 11 is -2.12. The Kier molecular flexibility index (Phi) is 12.3. The van der Waals surface area contributed by atoms with Gasteiger partial charge in [-0.1, -0.05) is 77.8 Å². The highest BCUT2D eigenvalue weighted by Gasteiger charge is 2.20. The van der Waals surface area contributed by atoms with Crippen LogP contribution in [-0.2, 0) is 33.8 Å². The summed E-state index contributed by atoms with van der Waals surface area (Å²) in [6.07, 6.45) is 8.25. The average molecular weight is 669 g/mol. The van der Waals surface area contributed by atoms with E-state index in [0.717, 1.165) is 54.3 Å². The van der Waals surface area contributed by atoms with Crippen LogP contribution in [0.1, 0.15) is 36.1 Å². The highest BCUT2D eigenvalue weighted by molar-refractivity contribution is 7.94. The number of allylic oxidation sites excluding steroid dienone is 5. The molecule has 1 atom stereocenters. The molecule has 0 aromatic heterocycles. The lowest BCUT2D eigenvalue weighted by Crippen LogP contribution is -2.21. The molecule has 242 valence electrons. The van der Waals surface area contributed by atoms with Crippen molar-refractivity contribution in [2.75, 3.05) is 18.0 Å². The summed E-state index contributed by atoms with van der Waals surface area (Å²) in [5, 5.41) is 12.3. The van der Waals surface area contributed by atoms with Crippen LogP contribution in [-0.4, -0.2) is 37.4 Å². The number of hydrogen-bond donors (Lipinski definition) is 1. The van der Waals surface area contributed by atoms with Gasteiger partial charge in [-0.2, -0.15) is 0 Å². The van der Waals surface area contributed by atoms with E-state index in [1.165, 1.54) is 17.2 Å². The van der Waals surface area contributed by atoms with Crippen molar-refractivity contribution in [3.8, 4) is 5.75 Å². The van der Waals surface area contributed by atoms with Gasteiger partial charge in [0, 0.05) is 47.0 Å². The van der Waals surface area contributed by atoms with Crippen LogP contribution in [0.25, 0.3) is 5.57 Å². The van der Waals surface area contributed by atoms with E-state index in [4.69, 9.17) is 9.44 Å². The van der Waals surface area contributed by atoms with Crippen LogP contribution in [0.3, 0.4) is 0 Å². The van der Waals surface area contributed by atoms with E-state index in [9.17, 15) is 8.76 Å². The number of nitrogens with zero attached hydrogens (tertiary/aromatic N) is 2. The van der Waals surface area contributed by atoms with Crippen molar-refractivity contribution in [1.29, 1.82) is 0 Å². The Labute approximate surface area is 282 Å². The van der Waals surface area contributed by atoms with Gasteiger partial charge in [-0.05, 0) is 78.6 Å². The minimum atomic E-state index is -2.84. The fraction of sp³-hybridized carbons (Fsp3) is 0.162. The minimum absolute atomic E-state index is 0.103. The lowest BCUT2D eigenvalue weighted by Gasteiger charge is -2.24. The van der Waals surface area contributed by atoms with Gasteiger partial charge in [0.05, 0.1) is 12.0 Å². The van der Waals surface area contributed by atoms with E-state index >= 15 is 0 Å². The quantitative estimate of drug-likeness (QED) is 0.0476. The van der Waals surface area contributed by atoms with Crippen LogP contribution in [0, 0.1) is 0 Å². The van der Waals surface area contributed by atoms with Gasteiger partial charge in [0.15, 0.2) is 12.3 Å². The van der Waals surface area contributed by atoms with E-state index in [1.54, 1.807) is 12.1 Å². The first-order chi connectivity index (χ1) is 23.0. The van der Waals surface area contributed by atoms with Gasteiger partial charge in [-0.25, -0.2) is 14.0 Å². The Morgan fingerprint density at radius 1 is 0.872 bits per heavy atom. The zero-order chi connectivity index (χ0) is 33.0. The Morgan fingerprint density at radius 3 is 2.13 bits per heavy atom. The van der Waals surface area contributed by atoms with E-state index in [2.05, 4.69) is 81.2 Å². The van der Waals surface area contributed by atoms with Gasteiger partial charge >= 0.3 is 0 Å². The lowest BCUT2D eigenvalue weighted by molar-refractivity contribution is -0.539. The van der Waals surface area contributed by atoms with Crippen molar-refractivity contribution in [1.82, 2.24) is 0 Å². The summed E-state index contributed by atoms with van der Waals surface area (Å²) in [7, 11) is 0. The maximum atomic E-state index is 11.8. The normalized spacial score (nSPS) is 13.0. The molecule has 8 nitrogen and oxygen atoms in total. The van der Waals surface area contributed by atoms with Gasteiger partial charge in [-0.3, -0.25) is 0 Å². The van der Waals surface area contributed by atoms with Crippen LogP contribution in [0.4, 0.5) is 5.69 Å². The number of hydrogen-bond acceptors (Lipinski definition) is 8. The van der Waals surface area contributed by atoms with Crippen LogP contribution < -0.4 is 9.08 Å². The van der Waals surface area contributed by atoms with Crippen molar-refractivity contribution in [2.24, 2.45) is 0 Å². The summed E-state index contributed by atoms with van der Waals surface area (Å²) in [5.41, 5.74) is 7.70. The number of rotatable bonds is 14. The zero-order valence-electron chi connectivity index (χ0n) is 26.2. The SMILES string of the molecule is CCN(Cc1ccccc1)c1ccc(C(=C2C=CC(=[N+](CC)Cc3ccccc3)C=C2)c2ccc(SOOO)cc2OS(=O)[O-])cc1. The van der Waals surface area contributed by atoms with E-state index in [0.29, 0.717) is 22.5 Å². The summed E-state index contributed by atoms with van der Waals surface area (Å²) in [6.45, 7) is 7.47. The third kappa shape index (κ3) is 9.17. The molecule has 0 fully saturated rings. The topological polar surface area (TPSA) is 94.3 Å². The molecule has 0 aliphatic heterocycles. The molecular formula is C37H36N2O6S2. The van der Waals surface area contributed by atoms with Gasteiger partial charge in [-0.15, -0.1) is 4.33 Å². The second-order valence-electron chi connectivity index (χ2n) is 10.6. The Hall–Kier alpha value is -4.29. The molecule has 47 heavy (non-hydrogen) atoms. The molecule has 5 rings (SSSR count). The second-order valence-corrected chi connectivity index (χ2v) is 12.0. The Balaban J connectivity index is 1.57. The van der Waals surface area contributed by atoms with Crippen LogP contribution >= 0.6 is 12.0 Å². The molecule has 0 saturated carbocycles. The summed E-state index contributed by atoms with van der Waals surface area (Å²) < 4.78 is 35.8. The van der Waals surface area contributed by atoms with Crippen molar-refractivity contribution in [3.05, 3.63) is 155 Å². The lowest BCUT2D eigenvalue weighted by atomic mass is 9.90. The molecule has 0 saturated heterocycles. The highest BCUT2D eigenvalue weighted by atomic mass is 32.2. The number of anilines is 1. The number of benzene rings is 4. The van der Waals surface area contributed by atoms with Gasteiger partial charge in [0.1, 0.15) is 23.7 Å². The third-order valence-corrected chi connectivity index (χ3v) is 8.67. The molecule has 0 bridgehead atoms. The average Bonchev–Trinajstić information content (AvgIpc) is 3.11. The molecule has 1 N–H and O–H groups in total. The molecule has 4 aromatic carbocycles. The van der Waals surface area contributed by atoms with Crippen LogP contribution in [0.15, 0.2) is 138 Å². The fourth-order valence-corrected chi connectivity index (χ4v) is 6.16. The predicted molar refractivity (Wildman–Crippen MR) is 187 cm³/mol. The standard InChI is InChI=1S/C37H36N2O6S2/c1-3-38(26-28-11-7-5-8-12-28)32-19-15-30(16-20-32)37(35-24-23-34(46-45-44-40)25-36(35)43-47(41)42)31-17-21-33(22-18-31)39(4-2)27-29-13-9-6-10-14-29/h5-25H,3-4,26-27H2,1-2H3,(H-,40,41,42). The molecule has 10 heteroatoms. The molecule has 1 aliphatic rings. The van der Waals surface area contributed by atoms with Gasteiger partial charge < -0.3 is 13.6 Å². The molecular weight excluding hydrogens is 633 g/mol. The largest absolute Gasteiger partial charge is 0.740 e. The van der Waals surface area contributed by atoms with Crippen molar-refractivity contribution >= 4 is 40.4 Å². The monoisotopic (exact) mass is 668 g/mol. The van der Waals surface area contributed by atoms with E-state index in [1.807, 2.05) is 60.7 Å². The van der Waals surface area contributed by atoms with Crippen LogP contribution in [0.2, 0.25) is 0 Å². The molecule has 0 heterocycles. The maximum Gasteiger partial charge on any atom is 0.200 e. The maximum absolute atomic E-state index is 11.8. The first-order valence-corrected chi connectivity index (χ1v) is 17.0. The molecule has 1 aliphatic carbocycles. The molecule has 1 unspecified atom stereocenters. The van der Waals surface area contributed by atoms with Crippen molar-refractivity contribution < 1.29 is 32.1 Å². The summed E-state index contributed by atoms with van der Waals surface area (Å²) in [6, 6.07) is 34.0. The van der Waals surface area contributed by atoms with E-state index < -0.39 is 11.4 Å². The first-order valence-electron chi connectivity index (χ1n) is 15.2. The van der Waals surface area contributed by atoms with Crippen molar-refractivity contribution in [3.63, 3.8) is 0 Å². The van der Waals surface area contributed by atoms with Crippen LogP contribution in [0.5, 0.6) is 5.75 Å². The Bertz CT molecular complexity index is 1770.